The molecule has 10 nitrogen and oxygen atoms in total. The van der Waals surface area contributed by atoms with Crippen molar-refractivity contribution in [3.8, 4) is 17.2 Å². The average molecular weight is 398 g/mol. The van der Waals surface area contributed by atoms with Gasteiger partial charge in [-0.2, -0.15) is 0 Å². The number of rotatable bonds is 10. The van der Waals surface area contributed by atoms with Crippen molar-refractivity contribution >= 4 is 17.7 Å². The zero-order valence-electron chi connectivity index (χ0n) is 15.6. The molecule has 2 aromatic carbocycles. The van der Waals surface area contributed by atoms with Gasteiger partial charge in [0.25, 0.3) is 5.69 Å². The summed E-state index contributed by atoms with van der Waals surface area (Å²) in [6, 6.07) is 10.3. The summed E-state index contributed by atoms with van der Waals surface area (Å²) < 4.78 is 16.0. The third kappa shape index (κ3) is 6.89. The molecule has 0 heterocycles. The van der Waals surface area contributed by atoms with E-state index in [0.29, 0.717) is 36.6 Å². The summed E-state index contributed by atoms with van der Waals surface area (Å²) in [4.78, 5) is 24.7. The summed E-state index contributed by atoms with van der Waals surface area (Å²) in [6.45, 7) is 0.664. The predicted molar refractivity (Wildman–Crippen MR) is 105 cm³/mol. The highest BCUT2D eigenvalue weighted by Crippen LogP contribution is 2.28. The smallest absolute Gasteiger partial charge is 0.336 e. The van der Waals surface area contributed by atoms with Crippen molar-refractivity contribution in [2.75, 3.05) is 20.3 Å². The van der Waals surface area contributed by atoms with Crippen molar-refractivity contribution < 1.29 is 23.9 Å². The third-order valence-electron chi connectivity index (χ3n) is 3.59. The van der Waals surface area contributed by atoms with Gasteiger partial charge in [-0.3, -0.25) is 10.1 Å². The highest BCUT2D eigenvalue weighted by Gasteiger charge is 2.08. The molecule has 0 N–H and O–H groups in total. The fourth-order valence-corrected chi connectivity index (χ4v) is 2.22. The van der Waals surface area contributed by atoms with Crippen molar-refractivity contribution in [3.63, 3.8) is 0 Å². The summed E-state index contributed by atoms with van der Waals surface area (Å²) in [6.07, 6.45) is 3.32. The lowest BCUT2D eigenvalue weighted by Crippen LogP contribution is -2.03. The molecule has 0 radical (unpaired) electrons. The molecule has 29 heavy (non-hydrogen) atoms. The highest BCUT2D eigenvalue weighted by molar-refractivity contribution is 5.88. The number of benzene rings is 2. The van der Waals surface area contributed by atoms with Crippen LogP contribution in [0, 0.1) is 10.1 Å². The summed E-state index contributed by atoms with van der Waals surface area (Å²) in [7, 11) is 1.51. The normalized spacial score (nSPS) is 10.2. The van der Waals surface area contributed by atoms with Crippen molar-refractivity contribution in [2.24, 2.45) is 5.11 Å². The van der Waals surface area contributed by atoms with Crippen molar-refractivity contribution in [2.45, 2.75) is 6.42 Å². The van der Waals surface area contributed by atoms with Gasteiger partial charge in [0.2, 0.25) is 0 Å². The Kier molecular flexibility index (Phi) is 8.03. The van der Waals surface area contributed by atoms with E-state index in [1.54, 1.807) is 24.3 Å². The minimum Gasteiger partial charge on any atom is -0.493 e. The molecule has 0 atom stereocenters. The number of nitrogens with zero attached hydrogens (tertiary/aromatic N) is 4. The van der Waals surface area contributed by atoms with Crippen LogP contribution in [-0.4, -0.2) is 31.2 Å². The Balaban J connectivity index is 1.99. The maximum absolute atomic E-state index is 11.9. The van der Waals surface area contributed by atoms with Crippen molar-refractivity contribution in [1.82, 2.24) is 0 Å². The topological polar surface area (TPSA) is 137 Å². The minimum absolute atomic E-state index is 0.0921. The lowest BCUT2D eigenvalue weighted by Gasteiger charge is -2.11. The van der Waals surface area contributed by atoms with Crippen molar-refractivity contribution in [3.05, 3.63) is 74.7 Å². The number of carbonyl (C=O) groups excluding carboxylic acids is 1. The molecular formula is C19H18N4O6. The molecule has 2 rings (SSSR count). The van der Waals surface area contributed by atoms with Gasteiger partial charge >= 0.3 is 5.97 Å². The Morgan fingerprint density at radius 2 is 2.00 bits per heavy atom. The van der Waals surface area contributed by atoms with E-state index in [4.69, 9.17) is 19.7 Å². The molecular weight excluding hydrogens is 380 g/mol. The van der Waals surface area contributed by atoms with E-state index in [9.17, 15) is 14.9 Å². The second-order valence-corrected chi connectivity index (χ2v) is 5.57. The van der Waals surface area contributed by atoms with E-state index in [0.717, 1.165) is 0 Å². The van der Waals surface area contributed by atoms with Gasteiger partial charge in [-0.1, -0.05) is 11.2 Å². The Morgan fingerprint density at radius 3 is 2.66 bits per heavy atom. The molecule has 0 unspecified atom stereocenters. The van der Waals surface area contributed by atoms with Crippen LogP contribution in [0.5, 0.6) is 17.2 Å². The van der Waals surface area contributed by atoms with Gasteiger partial charge in [0, 0.05) is 29.7 Å². The molecule has 10 heteroatoms. The number of esters is 1. The molecule has 0 bridgehead atoms. The summed E-state index contributed by atoms with van der Waals surface area (Å²) >= 11 is 0. The van der Waals surface area contributed by atoms with E-state index in [-0.39, 0.29) is 11.4 Å². The molecule has 0 aliphatic carbocycles. The van der Waals surface area contributed by atoms with Crippen LogP contribution < -0.4 is 14.2 Å². The lowest BCUT2D eigenvalue weighted by molar-refractivity contribution is -0.384. The number of azide groups is 1. The van der Waals surface area contributed by atoms with Gasteiger partial charge < -0.3 is 14.2 Å². The Hall–Kier alpha value is -4.04. The van der Waals surface area contributed by atoms with Crippen LogP contribution in [0.4, 0.5) is 5.69 Å². The number of nitro groups is 1. The van der Waals surface area contributed by atoms with Crippen LogP contribution in [0.2, 0.25) is 0 Å². The molecule has 0 aliphatic heterocycles. The van der Waals surface area contributed by atoms with Crippen LogP contribution in [0.25, 0.3) is 16.5 Å². The van der Waals surface area contributed by atoms with Crippen LogP contribution >= 0.6 is 0 Å². The number of nitro benzene ring substituents is 1. The van der Waals surface area contributed by atoms with Crippen LogP contribution in [0.1, 0.15) is 12.0 Å². The second-order valence-electron chi connectivity index (χ2n) is 5.57. The first-order valence-electron chi connectivity index (χ1n) is 8.49. The molecule has 2 aromatic rings. The molecule has 0 aliphatic rings. The standard InChI is InChI=1S/C19H18N4O6/c1-27-17-9-3-14(13-18(17)28-12-2-11-21-22-20)4-10-19(24)29-16-7-5-15(6-8-16)23(25)26/h3-10,13H,2,11-12H2,1H3/b10-4+. The number of hydrogen-bond donors (Lipinski definition) is 0. The van der Waals surface area contributed by atoms with Gasteiger partial charge in [0.15, 0.2) is 11.5 Å². The maximum Gasteiger partial charge on any atom is 0.336 e. The molecule has 150 valence electrons. The zero-order valence-corrected chi connectivity index (χ0v) is 15.6. The number of hydrogen-bond acceptors (Lipinski definition) is 7. The summed E-state index contributed by atoms with van der Waals surface area (Å²) in [5, 5.41) is 14.1. The summed E-state index contributed by atoms with van der Waals surface area (Å²) in [5.74, 6) is 0.578. The number of methoxy groups -OCH3 is 1. The molecule has 0 aromatic heterocycles. The average Bonchev–Trinajstić information content (AvgIpc) is 2.72. The highest BCUT2D eigenvalue weighted by atomic mass is 16.6. The first kappa shape index (κ1) is 21.3. The van der Waals surface area contributed by atoms with Crippen LogP contribution in [0.3, 0.4) is 0 Å². The molecule has 0 amide bonds. The SMILES string of the molecule is COc1ccc(/C=C/C(=O)Oc2ccc([N+](=O)[O-])cc2)cc1OCCCN=[N+]=[N-]. The van der Waals surface area contributed by atoms with E-state index >= 15 is 0 Å². The predicted octanol–water partition coefficient (Wildman–Crippen LogP) is 4.30. The third-order valence-corrected chi connectivity index (χ3v) is 3.59. The first-order chi connectivity index (χ1) is 14.0. The van der Waals surface area contributed by atoms with Gasteiger partial charge in [0.1, 0.15) is 5.75 Å². The van der Waals surface area contributed by atoms with Crippen molar-refractivity contribution in [1.29, 1.82) is 0 Å². The fraction of sp³-hybridized carbons (Fsp3) is 0.211. The number of ether oxygens (including phenoxy) is 3. The van der Waals surface area contributed by atoms with Gasteiger partial charge in [-0.05, 0) is 47.9 Å². The van der Waals surface area contributed by atoms with E-state index in [1.807, 2.05) is 0 Å². The number of non-ortho nitro benzene ring substituents is 1. The first-order valence-corrected chi connectivity index (χ1v) is 8.49. The van der Waals surface area contributed by atoms with Gasteiger partial charge in [-0.25, -0.2) is 4.79 Å². The maximum atomic E-state index is 11.9. The fourth-order valence-electron chi connectivity index (χ4n) is 2.22. The number of carbonyl (C=O) groups is 1. The zero-order chi connectivity index (χ0) is 21.1. The van der Waals surface area contributed by atoms with E-state index < -0.39 is 10.9 Å². The Morgan fingerprint density at radius 1 is 1.24 bits per heavy atom. The van der Waals surface area contributed by atoms with E-state index in [1.165, 1.54) is 37.5 Å². The van der Waals surface area contributed by atoms with Crippen LogP contribution in [0.15, 0.2) is 53.7 Å². The molecule has 0 spiro atoms. The Bertz CT molecular complexity index is 936. The van der Waals surface area contributed by atoms with Crippen LogP contribution in [-0.2, 0) is 4.79 Å². The monoisotopic (exact) mass is 398 g/mol. The lowest BCUT2D eigenvalue weighted by atomic mass is 10.2. The minimum atomic E-state index is -0.633. The summed E-state index contributed by atoms with van der Waals surface area (Å²) in [5.41, 5.74) is 8.84. The van der Waals surface area contributed by atoms with Gasteiger partial charge in [-0.15, -0.1) is 0 Å². The largest absolute Gasteiger partial charge is 0.493 e. The van der Waals surface area contributed by atoms with Gasteiger partial charge in [0.05, 0.1) is 18.6 Å². The molecule has 0 saturated carbocycles. The second kappa shape index (κ2) is 11.0. The Labute approximate surface area is 166 Å². The molecule has 0 fully saturated rings. The quantitative estimate of drug-likeness (QED) is 0.0673. The molecule has 0 saturated heterocycles. The van der Waals surface area contributed by atoms with E-state index in [2.05, 4.69) is 10.0 Å².